The molecule has 1 saturated heterocycles. The van der Waals surface area contributed by atoms with E-state index in [0.29, 0.717) is 6.04 Å². The number of halogens is 2. The molecular weight excluding hydrogens is 312 g/mol. The van der Waals surface area contributed by atoms with E-state index < -0.39 is 0 Å². The van der Waals surface area contributed by atoms with Gasteiger partial charge in [0, 0.05) is 23.6 Å². The SMILES string of the molecule is Cc1ccc(CN2CCCCC2CN)c(Br)c1.Cl. The van der Waals surface area contributed by atoms with E-state index in [1.54, 1.807) is 0 Å². The van der Waals surface area contributed by atoms with Crippen LogP contribution in [0.15, 0.2) is 22.7 Å². The van der Waals surface area contributed by atoms with Crippen molar-refractivity contribution in [2.75, 3.05) is 13.1 Å². The van der Waals surface area contributed by atoms with E-state index in [2.05, 4.69) is 46.0 Å². The third kappa shape index (κ3) is 3.95. The van der Waals surface area contributed by atoms with Gasteiger partial charge in [-0.15, -0.1) is 12.4 Å². The highest BCUT2D eigenvalue weighted by atomic mass is 79.9. The van der Waals surface area contributed by atoms with Gasteiger partial charge in [0.15, 0.2) is 0 Å². The molecule has 4 heteroatoms. The second kappa shape index (κ2) is 7.49. The van der Waals surface area contributed by atoms with Gasteiger partial charge in [-0.2, -0.15) is 0 Å². The molecule has 1 heterocycles. The van der Waals surface area contributed by atoms with Crippen LogP contribution in [-0.2, 0) is 6.54 Å². The molecule has 0 bridgehead atoms. The second-order valence-electron chi connectivity index (χ2n) is 4.95. The molecule has 1 aromatic carbocycles. The van der Waals surface area contributed by atoms with E-state index in [1.165, 1.54) is 41.4 Å². The average molecular weight is 334 g/mol. The minimum absolute atomic E-state index is 0. The van der Waals surface area contributed by atoms with Gasteiger partial charge in [-0.05, 0) is 43.5 Å². The molecule has 102 valence electrons. The highest BCUT2D eigenvalue weighted by molar-refractivity contribution is 9.10. The molecule has 2 nitrogen and oxygen atoms in total. The summed E-state index contributed by atoms with van der Waals surface area (Å²) < 4.78 is 1.22. The fourth-order valence-electron chi connectivity index (χ4n) is 2.53. The van der Waals surface area contributed by atoms with Crippen LogP contribution in [0.2, 0.25) is 0 Å². The first-order valence-electron chi connectivity index (χ1n) is 6.40. The van der Waals surface area contributed by atoms with E-state index in [4.69, 9.17) is 5.73 Å². The summed E-state index contributed by atoms with van der Waals surface area (Å²) in [5.41, 5.74) is 8.53. The number of hydrogen-bond donors (Lipinski definition) is 1. The quantitative estimate of drug-likeness (QED) is 0.917. The highest BCUT2D eigenvalue weighted by Gasteiger charge is 2.21. The van der Waals surface area contributed by atoms with Crippen molar-refractivity contribution in [3.8, 4) is 0 Å². The summed E-state index contributed by atoms with van der Waals surface area (Å²) in [6.07, 6.45) is 3.88. The zero-order valence-corrected chi connectivity index (χ0v) is 13.3. The van der Waals surface area contributed by atoms with E-state index in [0.717, 1.165) is 13.1 Å². The lowest BCUT2D eigenvalue weighted by Gasteiger charge is -2.35. The van der Waals surface area contributed by atoms with Gasteiger partial charge in [0.25, 0.3) is 0 Å². The maximum absolute atomic E-state index is 5.86. The number of piperidine rings is 1. The minimum Gasteiger partial charge on any atom is -0.329 e. The minimum atomic E-state index is 0. The van der Waals surface area contributed by atoms with E-state index >= 15 is 0 Å². The molecule has 0 aliphatic carbocycles. The molecule has 0 spiro atoms. The zero-order chi connectivity index (χ0) is 12.3. The van der Waals surface area contributed by atoms with Crippen LogP contribution < -0.4 is 5.73 Å². The Labute approximate surface area is 124 Å². The summed E-state index contributed by atoms with van der Waals surface area (Å²) in [4.78, 5) is 2.53. The van der Waals surface area contributed by atoms with Gasteiger partial charge in [0.2, 0.25) is 0 Å². The topological polar surface area (TPSA) is 29.3 Å². The fourth-order valence-corrected chi connectivity index (χ4v) is 3.15. The molecule has 0 radical (unpaired) electrons. The third-order valence-corrected chi connectivity index (χ3v) is 4.34. The second-order valence-corrected chi connectivity index (χ2v) is 5.80. The highest BCUT2D eigenvalue weighted by Crippen LogP contribution is 2.24. The molecule has 0 amide bonds. The molecule has 1 fully saturated rings. The predicted octanol–water partition coefficient (Wildman–Crippen LogP) is 3.49. The van der Waals surface area contributed by atoms with Crippen LogP contribution in [-0.4, -0.2) is 24.0 Å². The van der Waals surface area contributed by atoms with Gasteiger partial charge in [0.1, 0.15) is 0 Å². The molecule has 2 N–H and O–H groups in total. The number of hydrogen-bond acceptors (Lipinski definition) is 2. The normalized spacial score (nSPS) is 20.5. The molecule has 0 saturated carbocycles. The van der Waals surface area contributed by atoms with Crippen molar-refractivity contribution < 1.29 is 0 Å². The van der Waals surface area contributed by atoms with Gasteiger partial charge in [-0.1, -0.05) is 34.5 Å². The summed E-state index contributed by atoms with van der Waals surface area (Å²) in [5, 5.41) is 0. The predicted molar refractivity (Wildman–Crippen MR) is 83.2 cm³/mol. The zero-order valence-electron chi connectivity index (χ0n) is 10.9. The monoisotopic (exact) mass is 332 g/mol. The number of rotatable bonds is 3. The van der Waals surface area contributed by atoms with Crippen LogP contribution in [0.25, 0.3) is 0 Å². The van der Waals surface area contributed by atoms with Crippen LogP contribution in [0, 0.1) is 6.92 Å². The van der Waals surface area contributed by atoms with Gasteiger partial charge in [-0.25, -0.2) is 0 Å². The van der Waals surface area contributed by atoms with Crippen molar-refractivity contribution in [1.82, 2.24) is 4.90 Å². The lowest BCUT2D eigenvalue weighted by atomic mass is 10.0. The lowest BCUT2D eigenvalue weighted by Crippen LogP contribution is -2.43. The van der Waals surface area contributed by atoms with Gasteiger partial charge in [-0.3, -0.25) is 4.90 Å². The van der Waals surface area contributed by atoms with E-state index in [1.807, 2.05) is 0 Å². The summed E-state index contributed by atoms with van der Waals surface area (Å²) in [5.74, 6) is 0. The Kier molecular flexibility index (Phi) is 6.64. The van der Waals surface area contributed by atoms with Crippen LogP contribution in [0.5, 0.6) is 0 Å². The average Bonchev–Trinajstić information content (AvgIpc) is 2.33. The van der Waals surface area contributed by atoms with Crippen LogP contribution in [0.4, 0.5) is 0 Å². The first-order chi connectivity index (χ1) is 8.20. The number of likely N-dealkylation sites (tertiary alicyclic amines) is 1. The van der Waals surface area contributed by atoms with Gasteiger partial charge >= 0.3 is 0 Å². The fraction of sp³-hybridized carbons (Fsp3) is 0.571. The van der Waals surface area contributed by atoms with E-state index in [-0.39, 0.29) is 12.4 Å². The Morgan fingerprint density at radius 1 is 1.39 bits per heavy atom. The van der Waals surface area contributed by atoms with E-state index in [9.17, 15) is 0 Å². The lowest BCUT2D eigenvalue weighted by molar-refractivity contribution is 0.144. The smallest absolute Gasteiger partial charge is 0.0248 e. The Morgan fingerprint density at radius 2 is 2.17 bits per heavy atom. The Morgan fingerprint density at radius 3 is 2.83 bits per heavy atom. The molecule has 1 aliphatic rings. The number of nitrogens with two attached hydrogens (primary N) is 1. The molecule has 1 atom stereocenters. The first kappa shape index (κ1) is 16.0. The van der Waals surface area contributed by atoms with Gasteiger partial charge < -0.3 is 5.73 Å². The largest absolute Gasteiger partial charge is 0.329 e. The molecule has 0 aromatic heterocycles. The Hall–Kier alpha value is -0.0900. The molecular formula is C14H22BrClN2. The van der Waals surface area contributed by atoms with Crippen molar-refractivity contribution in [1.29, 1.82) is 0 Å². The van der Waals surface area contributed by atoms with Crippen molar-refractivity contribution in [2.24, 2.45) is 5.73 Å². The molecule has 1 aliphatic heterocycles. The number of nitrogens with zero attached hydrogens (tertiary/aromatic N) is 1. The van der Waals surface area contributed by atoms with Crippen LogP contribution >= 0.6 is 28.3 Å². The molecule has 1 aromatic rings. The standard InChI is InChI=1S/C14H21BrN2.ClH/c1-11-5-6-12(14(15)8-11)10-17-7-3-2-4-13(17)9-16;/h5-6,8,13H,2-4,7,9-10,16H2,1H3;1H. The molecule has 18 heavy (non-hydrogen) atoms. The summed E-state index contributed by atoms with van der Waals surface area (Å²) in [7, 11) is 0. The third-order valence-electron chi connectivity index (χ3n) is 3.60. The molecule has 2 rings (SSSR count). The van der Waals surface area contributed by atoms with Crippen molar-refractivity contribution in [3.05, 3.63) is 33.8 Å². The summed E-state index contributed by atoms with van der Waals surface area (Å²) >= 11 is 3.66. The summed E-state index contributed by atoms with van der Waals surface area (Å²) in [6.45, 7) is 5.10. The van der Waals surface area contributed by atoms with Crippen molar-refractivity contribution >= 4 is 28.3 Å². The number of aryl methyl sites for hydroxylation is 1. The van der Waals surface area contributed by atoms with Gasteiger partial charge in [0.05, 0.1) is 0 Å². The summed E-state index contributed by atoms with van der Waals surface area (Å²) in [6, 6.07) is 7.16. The molecule has 1 unspecified atom stereocenters. The Balaban J connectivity index is 0.00000162. The van der Waals surface area contributed by atoms with Crippen LogP contribution in [0.1, 0.15) is 30.4 Å². The maximum Gasteiger partial charge on any atom is 0.0248 e. The number of benzene rings is 1. The van der Waals surface area contributed by atoms with Crippen LogP contribution in [0.3, 0.4) is 0 Å². The first-order valence-corrected chi connectivity index (χ1v) is 7.19. The Bertz CT molecular complexity index is 384. The maximum atomic E-state index is 5.86. The van der Waals surface area contributed by atoms with Crippen molar-refractivity contribution in [3.63, 3.8) is 0 Å². The van der Waals surface area contributed by atoms with Crippen molar-refractivity contribution in [2.45, 2.75) is 38.8 Å².